The summed E-state index contributed by atoms with van der Waals surface area (Å²) in [6, 6.07) is 7.45. The van der Waals surface area contributed by atoms with Crippen molar-refractivity contribution in [3.8, 4) is 17.0 Å². The molecule has 1 fully saturated rings. The summed E-state index contributed by atoms with van der Waals surface area (Å²) in [5, 5.41) is 7.41. The Morgan fingerprint density at radius 1 is 1.39 bits per heavy atom. The van der Waals surface area contributed by atoms with E-state index in [4.69, 9.17) is 22.1 Å². The second-order valence-corrected chi connectivity index (χ2v) is 5.01. The maximum Gasteiger partial charge on any atom is 0.145 e. The van der Waals surface area contributed by atoms with Crippen LogP contribution in [0.5, 0.6) is 5.75 Å². The van der Waals surface area contributed by atoms with Crippen molar-refractivity contribution in [2.24, 2.45) is 5.92 Å². The first-order chi connectivity index (χ1) is 8.72. The van der Waals surface area contributed by atoms with Crippen molar-refractivity contribution in [2.45, 2.75) is 12.8 Å². The van der Waals surface area contributed by atoms with Crippen LogP contribution in [0, 0.1) is 5.92 Å². The zero-order valence-electron chi connectivity index (χ0n) is 9.82. The molecule has 1 aliphatic rings. The molecular weight excluding hydrogens is 250 g/mol. The van der Waals surface area contributed by atoms with Gasteiger partial charge in [-0.3, -0.25) is 5.10 Å². The van der Waals surface area contributed by atoms with Crippen molar-refractivity contribution < 1.29 is 4.74 Å². The van der Waals surface area contributed by atoms with E-state index in [0.29, 0.717) is 22.5 Å². The minimum Gasteiger partial charge on any atom is -0.492 e. The zero-order valence-corrected chi connectivity index (χ0v) is 10.6. The monoisotopic (exact) mass is 263 g/mol. The molecule has 2 aromatic rings. The number of ether oxygens (including phenoxy) is 1. The Morgan fingerprint density at radius 2 is 2.22 bits per heavy atom. The van der Waals surface area contributed by atoms with Gasteiger partial charge in [-0.1, -0.05) is 17.7 Å². The fourth-order valence-electron chi connectivity index (χ4n) is 1.76. The molecule has 3 rings (SSSR count). The van der Waals surface area contributed by atoms with E-state index >= 15 is 0 Å². The summed E-state index contributed by atoms with van der Waals surface area (Å²) < 4.78 is 5.73. The molecule has 18 heavy (non-hydrogen) atoms. The molecule has 0 amide bonds. The molecule has 94 valence electrons. The lowest BCUT2D eigenvalue weighted by atomic mass is 10.1. The van der Waals surface area contributed by atoms with Crippen molar-refractivity contribution in [3.63, 3.8) is 0 Å². The number of aromatic amines is 1. The topological polar surface area (TPSA) is 63.9 Å². The van der Waals surface area contributed by atoms with Crippen LogP contribution >= 0.6 is 11.6 Å². The number of rotatable bonds is 4. The Hall–Kier alpha value is -1.68. The first kappa shape index (κ1) is 11.4. The van der Waals surface area contributed by atoms with Crippen molar-refractivity contribution in [1.29, 1.82) is 0 Å². The largest absolute Gasteiger partial charge is 0.492 e. The molecule has 1 heterocycles. The minimum absolute atomic E-state index is 0.473. The van der Waals surface area contributed by atoms with Crippen LogP contribution < -0.4 is 10.5 Å². The van der Waals surface area contributed by atoms with E-state index in [1.807, 2.05) is 18.2 Å². The van der Waals surface area contributed by atoms with E-state index in [1.165, 1.54) is 12.8 Å². The van der Waals surface area contributed by atoms with Gasteiger partial charge in [-0.25, -0.2) is 0 Å². The lowest BCUT2D eigenvalue weighted by Gasteiger charge is -2.08. The maximum absolute atomic E-state index is 6.12. The maximum atomic E-state index is 6.12. The van der Waals surface area contributed by atoms with Crippen molar-refractivity contribution in [3.05, 3.63) is 29.3 Å². The van der Waals surface area contributed by atoms with Crippen molar-refractivity contribution in [1.82, 2.24) is 10.2 Å². The van der Waals surface area contributed by atoms with Gasteiger partial charge >= 0.3 is 0 Å². The number of hydrogen-bond donors (Lipinski definition) is 2. The highest BCUT2D eigenvalue weighted by atomic mass is 35.5. The van der Waals surface area contributed by atoms with E-state index in [9.17, 15) is 0 Å². The van der Waals surface area contributed by atoms with Crippen LogP contribution in [0.4, 0.5) is 5.82 Å². The second-order valence-electron chi connectivity index (χ2n) is 4.61. The molecule has 0 spiro atoms. The number of nitrogen functional groups attached to an aromatic ring is 1. The Kier molecular flexibility index (Phi) is 2.88. The van der Waals surface area contributed by atoms with Crippen LogP contribution in [0.15, 0.2) is 24.3 Å². The average Bonchev–Trinajstić information content (AvgIpc) is 3.09. The standard InChI is InChI=1S/C13H14ClN3O/c14-10-4-3-9(11-6-13(15)17-16-11)5-12(10)18-7-8-1-2-8/h3-6,8H,1-2,7H2,(H3,15,16,17). The van der Waals surface area contributed by atoms with Gasteiger partial charge in [0.15, 0.2) is 0 Å². The van der Waals surface area contributed by atoms with Gasteiger partial charge in [0, 0.05) is 11.6 Å². The summed E-state index contributed by atoms with van der Waals surface area (Å²) in [7, 11) is 0. The number of anilines is 1. The van der Waals surface area contributed by atoms with Crippen LogP contribution in [-0.4, -0.2) is 16.8 Å². The van der Waals surface area contributed by atoms with Gasteiger partial charge in [0.25, 0.3) is 0 Å². The molecule has 0 radical (unpaired) electrons. The number of nitrogens with zero attached hydrogens (tertiary/aromatic N) is 1. The number of halogens is 1. The molecule has 4 nitrogen and oxygen atoms in total. The molecule has 1 saturated carbocycles. The van der Waals surface area contributed by atoms with Crippen molar-refractivity contribution >= 4 is 17.4 Å². The molecule has 0 bridgehead atoms. The molecule has 3 N–H and O–H groups in total. The molecule has 0 aliphatic heterocycles. The summed E-state index contributed by atoms with van der Waals surface area (Å²) in [6.07, 6.45) is 2.52. The number of nitrogens with one attached hydrogen (secondary N) is 1. The highest BCUT2D eigenvalue weighted by molar-refractivity contribution is 6.32. The van der Waals surface area contributed by atoms with E-state index in [2.05, 4.69) is 10.2 Å². The lowest BCUT2D eigenvalue weighted by Crippen LogP contribution is -1.99. The molecule has 0 saturated heterocycles. The van der Waals surface area contributed by atoms with E-state index in [1.54, 1.807) is 6.07 Å². The molecule has 0 atom stereocenters. The number of hydrogen-bond acceptors (Lipinski definition) is 3. The number of nitrogens with two attached hydrogens (primary N) is 1. The van der Waals surface area contributed by atoms with Crippen LogP contribution in [-0.2, 0) is 0 Å². The van der Waals surface area contributed by atoms with Crippen LogP contribution in [0.1, 0.15) is 12.8 Å². The van der Waals surface area contributed by atoms with Crippen LogP contribution in [0.2, 0.25) is 5.02 Å². The molecule has 0 unspecified atom stereocenters. The molecule has 5 heteroatoms. The molecule has 1 aliphatic carbocycles. The third kappa shape index (κ3) is 2.43. The fourth-order valence-corrected chi connectivity index (χ4v) is 1.93. The first-order valence-electron chi connectivity index (χ1n) is 5.96. The number of aromatic nitrogens is 2. The summed E-state index contributed by atoms with van der Waals surface area (Å²) in [5.74, 6) is 1.89. The van der Waals surface area contributed by atoms with Gasteiger partial charge in [-0.15, -0.1) is 0 Å². The van der Waals surface area contributed by atoms with Gasteiger partial charge in [-0.2, -0.15) is 5.10 Å². The number of benzene rings is 1. The van der Waals surface area contributed by atoms with Crippen molar-refractivity contribution in [2.75, 3.05) is 12.3 Å². The fraction of sp³-hybridized carbons (Fsp3) is 0.308. The third-order valence-corrected chi connectivity index (χ3v) is 3.32. The minimum atomic E-state index is 0.473. The van der Waals surface area contributed by atoms with Gasteiger partial charge in [-0.05, 0) is 30.9 Å². The Balaban J connectivity index is 1.84. The second kappa shape index (κ2) is 4.53. The predicted molar refractivity (Wildman–Crippen MR) is 71.7 cm³/mol. The van der Waals surface area contributed by atoms with E-state index < -0.39 is 0 Å². The highest BCUT2D eigenvalue weighted by Gasteiger charge is 2.22. The predicted octanol–water partition coefficient (Wildman–Crippen LogP) is 3.10. The lowest BCUT2D eigenvalue weighted by molar-refractivity contribution is 0.300. The van der Waals surface area contributed by atoms with Gasteiger partial charge < -0.3 is 10.5 Å². The SMILES string of the molecule is Nc1cc(-c2ccc(Cl)c(OCC3CC3)c2)[nH]n1. The summed E-state index contributed by atoms with van der Waals surface area (Å²) in [6.45, 7) is 0.744. The highest BCUT2D eigenvalue weighted by Crippen LogP contribution is 2.33. The molecule has 1 aromatic heterocycles. The van der Waals surface area contributed by atoms with Gasteiger partial charge in [0.1, 0.15) is 11.6 Å². The van der Waals surface area contributed by atoms with E-state index in [0.717, 1.165) is 17.9 Å². The van der Waals surface area contributed by atoms with Crippen LogP contribution in [0.3, 0.4) is 0 Å². The van der Waals surface area contributed by atoms with E-state index in [-0.39, 0.29) is 0 Å². The summed E-state index contributed by atoms with van der Waals surface area (Å²) in [5.41, 5.74) is 7.42. The molecule has 1 aromatic carbocycles. The van der Waals surface area contributed by atoms with Crippen LogP contribution in [0.25, 0.3) is 11.3 Å². The first-order valence-corrected chi connectivity index (χ1v) is 6.34. The Bertz CT molecular complexity index is 563. The van der Waals surface area contributed by atoms with Gasteiger partial charge in [0.05, 0.1) is 17.3 Å². The number of H-pyrrole nitrogens is 1. The Labute approximate surface area is 110 Å². The summed E-state index contributed by atoms with van der Waals surface area (Å²) >= 11 is 6.12. The Morgan fingerprint density at radius 3 is 2.89 bits per heavy atom. The van der Waals surface area contributed by atoms with Gasteiger partial charge in [0.2, 0.25) is 0 Å². The molecular formula is C13H14ClN3O. The average molecular weight is 264 g/mol. The zero-order chi connectivity index (χ0) is 12.5. The summed E-state index contributed by atoms with van der Waals surface area (Å²) in [4.78, 5) is 0. The quantitative estimate of drug-likeness (QED) is 0.891. The smallest absolute Gasteiger partial charge is 0.145 e. The third-order valence-electron chi connectivity index (χ3n) is 3.01. The normalized spacial score (nSPS) is 14.7.